The highest BCUT2D eigenvalue weighted by Gasteiger charge is 2.25. The molecule has 98 valence electrons. The first kappa shape index (κ1) is 12.7. The number of benzene rings is 1. The maximum absolute atomic E-state index is 12.0. The molecule has 1 saturated heterocycles. The van der Waals surface area contributed by atoms with Gasteiger partial charge in [0, 0.05) is 18.8 Å². The normalized spacial score (nSPS) is 18.8. The zero-order valence-electron chi connectivity index (χ0n) is 10.6. The molecule has 1 unspecified atom stereocenters. The van der Waals surface area contributed by atoms with Crippen molar-refractivity contribution in [2.45, 2.75) is 6.42 Å². The highest BCUT2D eigenvalue weighted by Crippen LogP contribution is 2.18. The molecule has 2 amide bonds. The lowest BCUT2D eigenvalue weighted by atomic mass is 10.1. The molecule has 0 aliphatic carbocycles. The Hall–Kier alpha value is -1.75. The highest BCUT2D eigenvalue weighted by atomic mass is 16.5. The molecule has 0 saturated carbocycles. The van der Waals surface area contributed by atoms with E-state index in [0.29, 0.717) is 12.5 Å². The molecule has 2 rings (SSSR count). The van der Waals surface area contributed by atoms with E-state index in [1.54, 1.807) is 7.11 Å². The van der Waals surface area contributed by atoms with Crippen LogP contribution in [0, 0.1) is 5.92 Å². The highest BCUT2D eigenvalue weighted by molar-refractivity contribution is 5.89. The third kappa shape index (κ3) is 2.92. The largest absolute Gasteiger partial charge is 0.497 e. The fourth-order valence-corrected chi connectivity index (χ4v) is 2.09. The molecule has 1 aromatic carbocycles. The molecule has 1 aliphatic rings. The van der Waals surface area contributed by atoms with Gasteiger partial charge >= 0.3 is 6.03 Å². The third-order valence-corrected chi connectivity index (χ3v) is 3.25. The number of carbonyl (C=O) groups is 1. The van der Waals surface area contributed by atoms with Gasteiger partial charge in [-0.15, -0.1) is 0 Å². The molecule has 18 heavy (non-hydrogen) atoms. The van der Waals surface area contributed by atoms with Crippen molar-refractivity contribution in [3.05, 3.63) is 24.3 Å². The van der Waals surface area contributed by atoms with Crippen LogP contribution in [0.1, 0.15) is 6.42 Å². The molecular weight excluding hydrogens is 230 g/mol. The lowest BCUT2D eigenvalue weighted by Crippen LogP contribution is -2.33. The Balaban J connectivity index is 1.90. The monoisotopic (exact) mass is 249 g/mol. The Bertz CT molecular complexity index is 405. The van der Waals surface area contributed by atoms with Crippen molar-refractivity contribution >= 4 is 11.7 Å². The van der Waals surface area contributed by atoms with Gasteiger partial charge in [-0.3, -0.25) is 0 Å². The Morgan fingerprint density at radius 2 is 2.22 bits per heavy atom. The van der Waals surface area contributed by atoms with Crippen molar-refractivity contribution < 1.29 is 9.53 Å². The van der Waals surface area contributed by atoms with Crippen LogP contribution in [0.3, 0.4) is 0 Å². The number of rotatable bonds is 3. The molecule has 1 heterocycles. The maximum Gasteiger partial charge on any atom is 0.321 e. The minimum Gasteiger partial charge on any atom is -0.497 e. The number of carbonyl (C=O) groups excluding carboxylic acids is 1. The lowest BCUT2D eigenvalue weighted by molar-refractivity contribution is 0.221. The van der Waals surface area contributed by atoms with Gasteiger partial charge in [-0.25, -0.2) is 4.79 Å². The Labute approximate surface area is 107 Å². The fraction of sp³-hybridized carbons (Fsp3) is 0.462. The van der Waals surface area contributed by atoms with Gasteiger partial charge in [-0.05, 0) is 43.1 Å². The van der Waals surface area contributed by atoms with Gasteiger partial charge in [-0.1, -0.05) is 0 Å². The Kier molecular flexibility index (Phi) is 4.04. The van der Waals surface area contributed by atoms with E-state index in [2.05, 4.69) is 5.32 Å². The summed E-state index contributed by atoms with van der Waals surface area (Å²) < 4.78 is 5.07. The first-order valence-electron chi connectivity index (χ1n) is 6.13. The second-order valence-electron chi connectivity index (χ2n) is 4.50. The summed E-state index contributed by atoms with van der Waals surface area (Å²) in [7, 11) is 1.62. The summed E-state index contributed by atoms with van der Waals surface area (Å²) in [5.74, 6) is 1.21. The van der Waals surface area contributed by atoms with Crippen LogP contribution in [0.4, 0.5) is 10.5 Å². The zero-order chi connectivity index (χ0) is 13.0. The van der Waals surface area contributed by atoms with E-state index in [1.807, 2.05) is 29.2 Å². The van der Waals surface area contributed by atoms with Crippen LogP contribution < -0.4 is 15.8 Å². The van der Waals surface area contributed by atoms with Crippen LogP contribution in [-0.4, -0.2) is 37.7 Å². The van der Waals surface area contributed by atoms with Crippen molar-refractivity contribution in [2.75, 3.05) is 32.1 Å². The van der Waals surface area contributed by atoms with Gasteiger partial charge in [-0.2, -0.15) is 0 Å². The van der Waals surface area contributed by atoms with Gasteiger partial charge in [0.1, 0.15) is 5.75 Å². The third-order valence-electron chi connectivity index (χ3n) is 3.25. The summed E-state index contributed by atoms with van der Waals surface area (Å²) in [6.45, 7) is 2.18. The smallest absolute Gasteiger partial charge is 0.321 e. The van der Waals surface area contributed by atoms with Crippen LogP contribution >= 0.6 is 0 Å². The zero-order valence-corrected chi connectivity index (χ0v) is 10.6. The van der Waals surface area contributed by atoms with Crippen LogP contribution in [0.2, 0.25) is 0 Å². The van der Waals surface area contributed by atoms with Crippen LogP contribution in [-0.2, 0) is 0 Å². The summed E-state index contributed by atoms with van der Waals surface area (Å²) >= 11 is 0. The van der Waals surface area contributed by atoms with Crippen molar-refractivity contribution in [3.63, 3.8) is 0 Å². The standard InChI is InChI=1S/C13H19N3O2/c1-18-12-4-2-11(3-5-12)15-13(17)16-7-6-10(8-14)9-16/h2-5,10H,6-9,14H2,1H3,(H,15,17). The second kappa shape index (κ2) is 5.73. The molecule has 0 aromatic heterocycles. The van der Waals surface area contributed by atoms with Crippen molar-refractivity contribution in [1.82, 2.24) is 4.90 Å². The summed E-state index contributed by atoms with van der Waals surface area (Å²) in [5, 5.41) is 2.87. The number of likely N-dealkylation sites (tertiary alicyclic amines) is 1. The molecule has 1 atom stereocenters. The minimum absolute atomic E-state index is 0.0592. The number of nitrogens with two attached hydrogens (primary N) is 1. The summed E-state index contributed by atoms with van der Waals surface area (Å²) in [6.07, 6.45) is 0.993. The molecular formula is C13H19N3O2. The Morgan fingerprint density at radius 3 is 2.78 bits per heavy atom. The number of hydrogen-bond donors (Lipinski definition) is 2. The fourth-order valence-electron chi connectivity index (χ4n) is 2.09. The molecule has 5 heteroatoms. The number of amides is 2. The first-order valence-corrected chi connectivity index (χ1v) is 6.13. The number of hydrogen-bond acceptors (Lipinski definition) is 3. The molecule has 1 aromatic rings. The van der Waals surface area contributed by atoms with Gasteiger partial charge in [0.15, 0.2) is 0 Å². The van der Waals surface area contributed by atoms with Crippen LogP contribution in [0.15, 0.2) is 24.3 Å². The van der Waals surface area contributed by atoms with Crippen LogP contribution in [0.25, 0.3) is 0 Å². The average molecular weight is 249 g/mol. The predicted molar refractivity (Wildman–Crippen MR) is 70.7 cm³/mol. The van der Waals surface area contributed by atoms with E-state index in [4.69, 9.17) is 10.5 Å². The molecule has 5 nitrogen and oxygen atoms in total. The summed E-state index contributed by atoms with van der Waals surface area (Å²) in [6, 6.07) is 7.24. The predicted octanol–water partition coefficient (Wildman–Crippen LogP) is 1.51. The number of nitrogens with one attached hydrogen (secondary N) is 1. The van der Waals surface area contributed by atoms with Crippen molar-refractivity contribution in [2.24, 2.45) is 11.7 Å². The summed E-state index contributed by atoms with van der Waals surface area (Å²) in [5.41, 5.74) is 6.38. The number of urea groups is 1. The molecule has 0 bridgehead atoms. The number of ether oxygens (including phenoxy) is 1. The number of methoxy groups -OCH3 is 1. The van der Waals surface area contributed by atoms with E-state index in [1.165, 1.54) is 0 Å². The number of nitrogens with zero attached hydrogens (tertiary/aromatic N) is 1. The van der Waals surface area contributed by atoms with Gasteiger partial charge in [0.25, 0.3) is 0 Å². The van der Waals surface area contributed by atoms with Crippen molar-refractivity contribution in [3.8, 4) is 5.75 Å². The molecule has 1 aliphatic heterocycles. The second-order valence-corrected chi connectivity index (χ2v) is 4.50. The van der Waals surface area contributed by atoms with Gasteiger partial charge < -0.3 is 20.7 Å². The molecule has 1 fully saturated rings. The SMILES string of the molecule is COc1ccc(NC(=O)N2CCC(CN)C2)cc1. The van der Waals surface area contributed by atoms with E-state index in [9.17, 15) is 4.79 Å². The van der Waals surface area contributed by atoms with Crippen molar-refractivity contribution in [1.29, 1.82) is 0 Å². The van der Waals surface area contributed by atoms with Crippen LogP contribution in [0.5, 0.6) is 5.75 Å². The quantitative estimate of drug-likeness (QED) is 0.853. The molecule has 3 N–H and O–H groups in total. The minimum atomic E-state index is -0.0592. The molecule has 0 spiro atoms. The average Bonchev–Trinajstić information content (AvgIpc) is 2.88. The Morgan fingerprint density at radius 1 is 1.50 bits per heavy atom. The van der Waals surface area contributed by atoms with E-state index in [-0.39, 0.29) is 6.03 Å². The van der Waals surface area contributed by atoms with E-state index >= 15 is 0 Å². The first-order chi connectivity index (χ1) is 8.72. The molecule has 0 radical (unpaired) electrons. The summed E-state index contributed by atoms with van der Waals surface area (Å²) in [4.78, 5) is 13.8. The lowest BCUT2D eigenvalue weighted by Gasteiger charge is -2.17. The number of anilines is 1. The van der Waals surface area contributed by atoms with Gasteiger partial charge in [0.05, 0.1) is 7.11 Å². The van der Waals surface area contributed by atoms with E-state index in [0.717, 1.165) is 30.9 Å². The van der Waals surface area contributed by atoms with E-state index < -0.39 is 0 Å². The maximum atomic E-state index is 12.0. The topological polar surface area (TPSA) is 67.6 Å². The van der Waals surface area contributed by atoms with Gasteiger partial charge in [0.2, 0.25) is 0 Å².